The third-order valence-corrected chi connectivity index (χ3v) is 3.10. The molecule has 0 amide bonds. The number of ether oxygens (including phenoxy) is 2. The molecule has 102 valence electrons. The maximum absolute atomic E-state index is 10.2. The number of hydrogen-bond donors (Lipinski definition) is 1. The van der Waals surface area contributed by atoms with Crippen LogP contribution in [0.5, 0.6) is 5.75 Å². The molecule has 0 heterocycles. The van der Waals surface area contributed by atoms with Gasteiger partial charge in [-0.1, -0.05) is 12.1 Å². The van der Waals surface area contributed by atoms with Crippen LogP contribution < -0.4 is 4.74 Å². The molecule has 0 aliphatic rings. The molecule has 1 aromatic rings. The van der Waals surface area contributed by atoms with Crippen LogP contribution in [0.25, 0.3) is 0 Å². The Morgan fingerprint density at radius 1 is 1.33 bits per heavy atom. The Morgan fingerprint density at radius 2 is 2.06 bits per heavy atom. The van der Waals surface area contributed by atoms with Gasteiger partial charge in [-0.2, -0.15) is 0 Å². The van der Waals surface area contributed by atoms with Crippen molar-refractivity contribution in [2.45, 2.75) is 19.1 Å². The molecule has 0 aliphatic carbocycles. The zero-order valence-electron chi connectivity index (χ0n) is 11.6. The van der Waals surface area contributed by atoms with E-state index in [1.54, 1.807) is 14.2 Å². The highest BCUT2D eigenvalue weighted by Gasteiger charge is 2.15. The summed E-state index contributed by atoms with van der Waals surface area (Å²) >= 11 is 0. The molecular weight excluding hydrogens is 230 g/mol. The van der Waals surface area contributed by atoms with Crippen molar-refractivity contribution < 1.29 is 14.6 Å². The van der Waals surface area contributed by atoms with Crippen molar-refractivity contribution in [1.29, 1.82) is 0 Å². The molecule has 2 unspecified atom stereocenters. The van der Waals surface area contributed by atoms with Crippen LogP contribution in [0.3, 0.4) is 0 Å². The van der Waals surface area contributed by atoms with Crippen molar-refractivity contribution in [3.63, 3.8) is 0 Å². The van der Waals surface area contributed by atoms with Crippen molar-refractivity contribution in [2.75, 3.05) is 34.4 Å². The highest BCUT2D eigenvalue weighted by atomic mass is 16.5. The van der Waals surface area contributed by atoms with Gasteiger partial charge in [-0.25, -0.2) is 0 Å². The lowest BCUT2D eigenvalue weighted by Crippen LogP contribution is -2.35. The number of methoxy groups -OCH3 is 2. The molecule has 4 nitrogen and oxygen atoms in total. The van der Waals surface area contributed by atoms with E-state index in [2.05, 4.69) is 11.8 Å². The summed E-state index contributed by atoms with van der Waals surface area (Å²) in [6.07, 6.45) is -0.524. The minimum absolute atomic E-state index is 0.273. The van der Waals surface area contributed by atoms with Crippen molar-refractivity contribution in [3.05, 3.63) is 29.8 Å². The zero-order chi connectivity index (χ0) is 13.5. The smallest absolute Gasteiger partial charge is 0.119 e. The van der Waals surface area contributed by atoms with Gasteiger partial charge in [-0.05, 0) is 31.7 Å². The molecule has 0 spiro atoms. The van der Waals surface area contributed by atoms with Crippen LogP contribution in [0.4, 0.5) is 0 Å². The third-order valence-electron chi connectivity index (χ3n) is 3.10. The second kappa shape index (κ2) is 7.36. The van der Waals surface area contributed by atoms with Gasteiger partial charge >= 0.3 is 0 Å². The number of nitrogens with zero attached hydrogens (tertiary/aromatic N) is 1. The monoisotopic (exact) mass is 253 g/mol. The highest BCUT2D eigenvalue weighted by molar-refractivity contribution is 5.29. The molecular formula is C14H23NO3. The van der Waals surface area contributed by atoms with Gasteiger partial charge in [0.15, 0.2) is 0 Å². The molecule has 0 bridgehead atoms. The number of hydrogen-bond acceptors (Lipinski definition) is 4. The first-order valence-corrected chi connectivity index (χ1v) is 6.09. The van der Waals surface area contributed by atoms with E-state index >= 15 is 0 Å². The van der Waals surface area contributed by atoms with Gasteiger partial charge in [-0.3, -0.25) is 4.90 Å². The summed E-state index contributed by atoms with van der Waals surface area (Å²) in [6.45, 7) is 3.29. The Bertz CT molecular complexity index is 357. The Morgan fingerprint density at radius 3 is 2.67 bits per heavy atom. The largest absolute Gasteiger partial charge is 0.497 e. The van der Waals surface area contributed by atoms with Gasteiger partial charge < -0.3 is 14.6 Å². The van der Waals surface area contributed by atoms with Crippen LogP contribution in [0.15, 0.2) is 24.3 Å². The van der Waals surface area contributed by atoms with E-state index in [0.29, 0.717) is 13.2 Å². The molecule has 4 heteroatoms. The number of aliphatic hydroxyl groups excluding tert-OH is 1. The predicted octanol–water partition coefficient (Wildman–Crippen LogP) is 1.70. The summed E-state index contributed by atoms with van der Waals surface area (Å²) in [5, 5.41) is 10.2. The number of aliphatic hydroxyl groups is 1. The van der Waals surface area contributed by atoms with Crippen molar-refractivity contribution in [2.24, 2.45) is 0 Å². The predicted molar refractivity (Wildman–Crippen MR) is 71.9 cm³/mol. The fraction of sp³-hybridized carbons (Fsp3) is 0.571. The van der Waals surface area contributed by atoms with Crippen molar-refractivity contribution >= 4 is 0 Å². The fourth-order valence-electron chi connectivity index (χ4n) is 1.78. The Balaban J connectivity index is 2.60. The van der Waals surface area contributed by atoms with Crippen LogP contribution in [-0.4, -0.2) is 50.5 Å². The third kappa shape index (κ3) is 4.29. The molecule has 1 N–H and O–H groups in total. The summed E-state index contributed by atoms with van der Waals surface area (Å²) in [4.78, 5) is 2.08. The SMILES string of the molecule is COCC(C)N(C)CC(O)c1cccc(OC)c1. The van der Waals surface area contributed by atoms with Crippen LogP contribution in [0.2, 0.25) is 0 Å². The van der Waals surface area contributed by atoms with Crippen LogP contribution in [0, 0.1) is 0 Å². The Labute approximate surface area is 109 Å². The molecule has 18 heavy (non-hydrogen) atoms. The summed E-state index contributed by atoms with van der Waals surface area (Å²) in [7, 11) is 5.29. The molecule has 0 saturated heterocycles. The van der Waals surface area contributed by atoms with Crippen molar-refractivity contribution in [3.8, 4) is 5.75 Å². The lowest BCUT2D eigenvalue weighted by molar-refractivity contribution is 0.0708. The minimum atomic E-state index is -0.524. The normalized spacial score (nSPS) is 14.6. The second-order valence-corrected chi connectivity index (χ2v) is 4.54. The van der Waals surface area contributed by atoms with E-state index in [1.165, 1.54) is 0 Å². The van der Waals surface area contributed by atoms with E-state index in [-0.39, 0.29) is 6.04 Å². The number of benzene rings is 1. The van der Waals surface area contributed by atoms with E-state index in [0.717, 1.165) is 11.3 Å². The molecule has 1 rings (SSSR count). The van der Waals surface area contributed by atoms with E-state index in [9.17, 15) is 5.11 Å². The topological polar surface area (TPSA) is 41.9 Å². The van der Waals surface area contributed by atoms with Gasteiger partial charge in [0.2, 0.25) is 0 Å². The lowest BCUT2D eigenvalue weighted by atomic mass is 10.1. The highest BCUT2D eigenvalue weighted by Crippen LogP contribution is 2.20. The summed E-state index contributed by atoms with van der Waals surface area (Å²) in [5.74, 6) is 0.763. The van der Waals surface area contributed by atoms with E-state index in [4.69, 9.17) is 9.47 Å². The Kier molecular flexibility index (Phi) is 6.12. The fourth-order valence-corrected chi connectivity index (χ4v) is 1.78. The molecule has 0 fully saturated rings. The van der Waals surface area contributed by atoms with Crippen LogP contribution >= 0.6 is 0 Å². The standard InChI is InChI=1S/C14H23NO3/c1-11(10-17-3)15(2)9-14(16)12-6-5-7-13(8-12)18-4/h5-8,11,14,16H,9-10H2,1-4H3. The number of rotatable bonds is 7. The van der Waals surface area contributed by atoms with Gasteiger partial charge in [-0.15, -0.1) is 0 Å². The Hall–Kier alpha value is -1.10. The molecule has 0 radical (unpaired) electrons. The number of likely N-dealkylation sites (N-methyl/N-ethyl adjacent to an activating group) is 1. The average Bonchev–Trinajstić information content (AvgIpc) is 2.39. The van der Waals surface area contributed by atoms with Crippen LogP contribution in [0.1, 0.15) is 18.6 Å². The van der Waals surface area contributed by atoms with Crippen LogP contribution in [-0.2, 0) is 4.74 Å². The van der Waals surface area contributed by atoms with Gasteiger partial charge in [0.1, 0.15) is 5.75 Å². The maximum atomic E-state index is 10.2. The first-order valence-electron chi connectivity index (χ1n) is 6.09. The van der Waals surface area contributed by atoms with Gasteiger partial charge in [0, 0.05) is 19.7 Å². The summed E-state index contributed by atoms with van der Waals surface area (Å²) < 4.78 is 10.3. The minimum Gasteiger partial charge on any atom is -0.497 e. The molecule has 2 atom stereocenters. The molecule has 1 aromatic carbocycles. The first kappa shape index (κ1) is 15.0. The van der Waals surface area contributed by atoms with Crippen molar-refractivity contribution in [1.82, 2.24) is 4.90 Å². The van der Waals surface area contributed by atoms with E-state index < -0.39 is 6.10 Å². The van der Waals surface area contributed by atoms with E-state index in [1.807, 2.05) is 31.3 Å². The average molecular weight is 253 g/mol. The van der Waals surface area contributed by atoms with Gasteiger partial charge in [0.25, 0.3) is 0 Å². The summed E-state index contributed by atoms with van der Waals surface area (Å²) in [5.41, 5.74) is 0.866. The summed E-state index contributed by atoms with van der Waals surface area (Å²) in [6, 6.07) is 7.79. The molecule has 0 aliphatic heterocycles. The maximum Gasteiger partial charge on any atom is 0.119 e. The first-order chi connectivity index (χ1) is 8.58. The lowest BCUT2D eigenvalue weighted by Gasteiger charge is -2.26. The molecule has 0 saturated carbocycles. The zero-order valence-corrected chi connectivity index (χ0v) is 11.6. The second-order valence-electron chi connectivity index (χ2n) is 4.54. The quantitative estimate of drug-likeness (QED) is 0.803. The van der Waals surface area contributed by atoms with Gasteiger partial charge in [0.05, 0.1) is 19.8 Å². The molecule has 0 aromatic heterocycles.